The molecule has 110 valence electrons. The number of ether oxygens (including phenoxy) is 2. The average Bonchev–Trinajstić information content (AvgIpc) is 2.61. The van der Waals surface area contributed by atoms with Crippen molar-refractivity contribution < 1.29 is 14.3 Å². The van der Waals surface area contributed by atoms with Crippen LogP contribution >= 0.6 is 0 Å². The van der Waals surface area contributed by atoms with E-state index in [0.29, 0.717) is 12.6 Å². The van der Waals surface area contributed by atoms with Gasteiger partial charge in [-0.1, -0.05) is 25.7 Å². The van der Waals surface area contributed by atoms with E-state index in [0.717, 1.165) is 12.8 Å². The van der Waals surface area contributed by atoms with Gasteiger partial charge in [-0.15, -0.1) is 0 Å². The van der Waals surface area contributed by atoms with Crippen molar-refractivity contribution in [1.82, 2.24) is 5.32 Å². The van der Waals surface area contributed by atoms with Crippen LogP contribution in [0.25, 0.3) is 0 Å². The monoisotopic (exact) mass is 269 g/mol. The lowest BCUT2D eigenvalue weighted by Gasteiger charge is -2.47. The van der Waals surface area contributed by atoms with E-state index in [4.69, 9.17) is 9.47 Å². The number of methoxy groups -OCH3 is 1. The smallest absolute Gasteiger partial charge is 0.326 e. The topological polar surface area (TPSA) is 47.6 Å². The summed E-state index contributed by atoms with van der Waals surface area (Å²) in [4.78, 5) is 12.2. The predicted octanol–water partition coefficient (Wildman–Crippen LogP) is 2.41. The van der Waals surface area contributed by atoms with Gasteiger partial charge in [-0.05, 0) is 19.8 Å². The van der Waals surface area contributed by atoms with Crippen molar-refractivity contribution >= 4 is 5.97 Å². The first-order valence-electron chi connectivity index (χ1n) is 7.68. The zero-order chi connectivity index (χ0) is 13.7. The molecule has 0 aromatic carbocycles. The fourth-order valence-electron chi connectivity index (χ4n) is 3.31. The van der Waals surface area contributed by atoms with E-state index in [1.807, 2.05) is 6.92 Å². The molecule has 0 atom stereocenters. The maximum absolute atomic E-state index is 12.2. The zero-order valence-corrected chi connectivity index (χ0v) is 12.2. The van der Waals surface area contributed by atoms with E-state index in [-0.39, 0.29) is 12.1 Å². The molecule has 4 heteroatoms. The van der Waals surface area contributed by atoms with Gasteiger partial charge in [0, 0.05) is 26.0 Å². The summed E-state index contributed by atoms with van der Waals surface area (Å²) < 4.78 is 10.6. The molecule has 0 radical (unpaired) electrons. The lowest BCUT2D eigenvalue weighted by atomic mass is 9.73. The number of hydrogen-bond donors (Lipinski definition) is 1. The highest BCUT2D eigenvalue weighted by Gasteiger charge is 2.52. The fourth-order valence-corrected chi connectivity index (χ4v) is 3.31. The average molecular weight is 269 g/mol. The molecule has 2 rings (SSSR count). The number of esters is 1. The summed E-state index contributed by atoms with van der Waals surface area (Å²) in [6, 6.07) is 0.463. The van der Waals surface area contributed by atoms with Crippen LogP contribution in [0.5, 0.6) is 0 Å². The third kappa shape index (κ3) is 3.48. The third-order valence-corrected chi connectivity index (χ3v) is 4.49. The Morgan fingerprint density at radius 3 is 2.37 bits per heavy atom. The van der Waals surface area contributed by atoms with Crippen LogP contribution in [0.15, 0.2) is 0 Å². The van der Waals surface area contributed by atoms with Gasteiger partial charge in [-0.25, -0.2) is 0 Å². The molecule has 0 amide bonds. The van der Waals surface area contributed by atoms with Gasteiger partial charge in [0.2, 0.25) is 0 Å². The lowest BCUT2D eigenvalue weighted by Crippen LogP contribution is -2.66. The van der Waals surface area contributed by atoms with Crippen LogP contribution in [0.1, 0.15) is 58.3 Å². The number of rotatable bonds is 5. The molecule has 0 bridgehead atoms. The minimum atomic E-state index is -0.480. The molecule has 4 nitrogen and oxygen atoms in total. The van der Waals surface area contributed by atoms with Crippen LogP contribution in [0, 0.1) is 0 Å². The number of nitrogens with one attached hydrogen (secondary N) is 1. The second-order valence-electron chi connectivity index (χ2n) is 5.90. The Kier molecular flexibility index (Phi) is 5.22. The van der Waals surface area contributed by atoms with E-state index in [1.165, 1.54) is 38.5 Å². The summed E-state index contributed by atoms with van der Waals surface area (Å²) in [5, 5.41) is 3.60. The molecule has 1 N–H and O–H groups in total. The first-order valence-corrected chi connectivity index (χ1v) is 7.68. The van der Waals surface area contributed by atoms with Gasteiger partial charge in [0.15, 0.2) is 0 Å². The van der Waals surface area contributed by atoms with Gasteiger partial charge in [0.25, 0.3) is 0 Å². The van der Waals surface area contributed by atoms with E-state index >= 15 is 0 Å². The molecule has 0 spiro atoms. The van der Waals surface area contributed by atoms with Crippen molar-refractivity contribution in [2.75, 3.05) is 13.7 Å². The minimum Gasteiger partial charge on any atom is -0.465 e. The van der Waals surface area contributed by atoms with Crippen molar-refractivity contribution in [3.63, 3.8) is 0 Å². The van der Waals surface area contributed by atoms with Crippen LogP contribution in [-0.4, -0.2) is 37.4 Å². The second kappa shape index (κ2) is 6.71. The summed E-state index contributed by atoms with van der Waals surface area (Å²) in [7, 11) is 1.71. The quantitative estimate of drug-likeness (QED) is 0.615. The molecule has 2 aliphatic carbocycles. The van der Waals surface area contributed by atoms with E-state index in [1.54, 1.807) is 7.11 Å². The van der Waals surface area contributed by atoms with E-state index in [9.17, 15) is 4.79 Å². The Hall–Kier alpha value is -0.610. The Morgan fingerprint density at radius 1 is 1.21 bits per heavy atom. The van der Waals surface area contributed by atoms with E-state index in [2.05, 4.69) is 5.32 Å². The summed E-state index contributed by atoms with van der Waals surface area (Å²) in [6.07, 6.45) is 9.24. The number of hydrogen-bond acceptors (Lipinski definition) is 4. The number of carbonyl (C=O) groups excluding carboxylic acids is 1. The molecule has 0 aliphatic heterocycles. The first kappa shape index (κ1) is 14.8. The normalized spacial score (nSPS) is 32.4. The van der Waals surface area contributed by atoms with Crippen molar-refractivity contribution in [2.45, 2.75) is 76.0 Å². The molecule has 2 saturated carbocycles. The Morgan fingerprint density at radius 2 is 1.84 bits per heavy atom. The van der Waals surface area contributed by atoms with Crippen LogP contribution in [0.3, 0.4) is 0 Å². The van der Waals surface area contributed by atoms with Crippen LogP contribution in [0.2, 0.25) is 0 Å². The lowest BCUT2D eigenvalue weighted by molar-refractivity contribution is -0.163. The van der Waals surface area contributed by atoms with Crippen LogP contribution < -0.4 is 5.32 Å². The molecule has 0 heterocycles. The molecule has 2 fully saturated rings. The summed E-state index contributed by atoms with van der Waals surface area (Å²) in [5.41, 5.74) is -0.480. The maximum Gasteiger partial charge on any atom is 0.326 e. The van der Waals surface area contributed by atoms with Gasteiger partial charge in [-0.2, -0.15) is 0 Å². The molecule has 0 aromatic heterocycles. The SMILES string of the molecule is CCOC(=O)C1(NC2CCCCCC2)CC(OC)C1. The second-order valence-corrected chi connectivity index (χ2v) is 5.90. The van der Waals surface area contributed by atoms with Gasteiger partial charge >= 0.3 is 5.97 Å². The Bertz CT molecular complexity index is 292. The number of carbonyl (C=O) groups is 1. The zero-order valence-electron chi connectivity index (χ0n) is 12.2. The standard InChI is InChI=1S/C15H27NO3/c1-3-19-14(17)15(10-13(11-15)18-2)16-12-8-6-4-5-7-9-12/h12-13,16H,3-11H2,1-2H3. The van der Waals surface area contributed by atoms with E-state index < -0.39 is 5.54 Å². The van der Waals surface area contributed by atoms with Gasteiger partial charge in [0.05, 0.1) is 12.7 Å². The molecular weight excluding hydrogens is 242 g/mol. The highest BCUT2D eigenvalue weighted by atomic mass is 16.5. The molecule has 19 heavy (non-hydrogen) atoms. The van der Waals surface area contributed by atoms with Crippen molar-refractivity contribution in [3.8, 4) is 0 Å². The third-order valence-electron chi connectivity index (χ3n) is 4.49. The largest absolute Gasteiger partial charge is 0.465 e. The fraction of sp³-hybridized carbons (Fsp3) is 0.933. The van der Waals surface area contributed by atoms with Crippen molar-refractivity contribution in [2.24, 2.45) is 0 Å². The predicted molar refractivity (Wildman–Crippen MR) is 74.0 cm³/mol. The summed E-state index contributed by atoms with van der Waals surface area (Å²) in [5.74, 6) is -0.0902. The molecule has 0 saturated heterocycles. The molecule has 0 unspecified atom stereocenters. The summed E-state index contributed by atoms with van der Waals surface area (Å²) >= 11 is 0. The van der Waals surface area contributed by atoms with Gasteiger partial charge in [-0.3, -0.25) is 10.1 Å². The molecular formula is C15H27NO3. The first-order chi connectivity index (χ1) is 9.20. The van der Waals surface area contributed by atoms with Crippen molar-refractivity contribution in [3.05, 3.63) is 0 Å². The van der Waals surface area contributed by atoms with Crippen LogP contribution in [0.4, 0.5) is 0 Å². The van der Waals surface area contributed by atoms with Gasteiger partial charge in [0.1, 0.15) is 5.54 Å². The Labute approximate surface area is 116 Å². The molecule has 0 aromatic rings. The van der Waals surface area contributed by atoms with Gasteiger partial charge < -0.3 is 9.47 Å². The highest BCUT2D eigenvalue weighted by molar-refractivity contribution is 5.82. The Balaban J connectivity index is 1.95. The molecule has 2 aliphatic rings. The maximum atomic E-state index is 12.2. The van der Waals surface area contributed by atoms with Crippen LogP contribution in [-0.2, 0) is 14.3 Å². The minimum absolute atomic E-state index is 0.0902. The van der Waals surface area contributed by atoms with Crippen molar-refractivity contribution in [1.29, 1.82) is 0 Å². The summed E-state index contributed by atoms with van der Waals surface area (Å²) in [6.45, 7) is 2.31. The highest BCUT2D eigenvalue weighted by Crippen LogP contribution is 2.37.